The second-order valence-corrected chi connectivity index (χ2v) is 6.02. The number of hydrogen-bond donors (Lipinski definition) is 2. The second-order valence-electron chi connectivity index (χ2n) is 6.02. The molecular formula is C16H25FN2O. The zero-order chi connectivity index (χ0) is 14.5. The molecule has 1 aliphatic heterocycles. The van der Waals surface area contributed by atoms with Crippen molar-refractivity contribution in [2.45, 2.75) is 39.3 Å². The predicted molar refractivity (Wildman–Crippen MR) is 80.4 cm³/mol. The van der Waals surface area contributed by atoms with E-state index >= 15 is 0 Å². The first-order chi connectivity index (χ1) is 9.56. The van der Waals surface area contributed by atoms with Crippen LogP contribution in [0.25, 0.3) is 0 Å². The van der Waals surface area contributed by atoms with E-state index in [0.717, 1.165) is 43.7 Å². The van der Waals surface area contributed by atoms with E-state index in [1.54, 1.807) is 6.07 Å². The van der Waals surface area contributed by atoms with Crippen LogP contribution in [0.4, 0.5) is 10.1 Å². The molecule has 1 aromatic carbocycles. The summed E-state index contributed by atoms with van der Waals surface area (Å²) in [5.41, 5.74) is 2.09. The van der Waals surface area contributed by atoms with Gasteiger partial charge in [0.15, 0.2) is 0 Å². The number of halogens is 1. The van der Waals surface area contributed by atoms with Gasteiger partial charge >= 0.3 is 0 Å². The number of piperidine rings is 1. The standard InChI is InChI=1S/C16H25FN2O/c1-12(2)10-18-11-13-9-14(17)3-4-16(13)19-7-5-15(20)6-8-19/h3-4,9,12,15,18,20H,5-8,10-11H2,1-2H3. The number of anilines is 1. The lowest BCUT2D eigenvalue weighted by atomic mass is 10.0. The van der Waals surface area contributed by atoms with Gasteiger partial charge in [0.2, 0.25) is 0 Å². The van der Waals surface area contributed by atoms with Crippen LogP contribution in [-0.2, 0) is 6.54 Å². The number of benzene rings is 1. The number of aliphatic hydroxyl groups is 1. The molecule has 1 aliphatic rings. The molecule has 2 rings (SSSR count). The zero-order valence-electron chi connectivity index (χ0n) is 12.4. The molecule has 2 N–H and O–H groups in total. The molecule has 0 amide bonds. The third-order valence-electron chi connectivity index (χ3n) is 3.71. The maximum absolute atomic E-state index is 13.5. The third kappa shape index (κ3) is 4.18. The Hall–Kier alpha value is -1.13. The molecule has 1 heterocycles. The van der Waals surface area contributed by atoms with Crippen LogP contribution in [0.3, 0.4) is 0 Å². The smallest absolute Gasteiger partial charge is 0.123 e. The number of aliphatic hydroxyl groups excluding tert-OH is 1. The Bertz CT molecular complexity index is 428. The van der Waals surface area contributed by atoms with Crippen LogP contribution in [-0.4, -0.2) is 30.8 Å². The highest BCUT2D eigenvalue weighted by Crippen LogP contribution is 2.25. The molecule has 0 saturated carbocycles. The van der Waals surface area contributed by atoms with E-state index < -0.39 is 0 Å². The SMILES string of the molecule is CC(C)CNCc1cc(F)ccc1N1CCC(O)CC1. The van der Waals surface area contributed by atoms with Gasteiger partial charge in [0, 0.05) is 25.3 Å². The Morgan fingerprint density at radius 3 is 2.70 bits per heavy atom. The molecule has 0 aromatic heterocycles. The number of nitrogens with zero attached hydrogens (tertiary/aromatic N) is 1. The van der Waals surface area contributed by atoms with E-state index in [1.165, 1.54) is 6.07 Å². The lowest BCUT2D eigenvalue weighted by molar-refractivity contribution is 0.145. The van der Waals surface area contributed by atoms with Gasteiger partial charge in [-0.2, -0.15) is 0 Å². The van der Waals surface area contributed by atoms with Crippen molar-refractivity contribution in [3.8, 4) is 0 Å². The second kappa shape index (κ2) is 7.04. The molecule has 20 heavy (non-hydrogen) atoms. The molecule has 0 spiro atoms. The van der Waals surface area contributed by atoms with Crippen molar-refractivity contribution in [1.29, 1.82) is 0 Å². The van der Waals surface area contributed by atoms with Gasteiger partial charge < -0.3 is 15.3 Å². The summed E-state index contributed by atoms with van der Waals surface area (Å²) in [7, 11) is 0. The zero-order valence-corrected chi connectivity index (χ0v) is 12.4. The van der Waals surface area contributed by atoms with Crippen LogP contribution in [0.2, 0.25) is 0 Å². The van der Waals surface area contributed by atoms with Crippen molar-refractivity contribution < 1.29 is 9.50 Å². The quantitative estimate of drug-likeness (QED) is 0.870. The van der Waals surface area contributed by atoms with Crippen LogP contribution in [0.15, 0.2) is 18.2 Å². The summed E-state index contributed by atoms with van der Waals surface area (Å²) < 4.78 is 13.5. The molecular weight excluding hydrogens is 255 g/mol. The van der Waals surface area contributed by atoms with Crippen LogP contribution in [0.5, 0.6) is 0 Å². The normalized spacial score (nSPS) is 16.9. The predicted octanol–water partition coefficient (Wildman–Crippen LogP) is 2.53. The lowest BCUT2D eigenvalue weighted by Gasteiger charge is -2.33. The Labute approximate surface area is 120 Å². The van der Waals surface area contributed by atoms with E-state index in [0.29, 0.717) is 12.5 Å². The maximum atomic E-state index is 13.5. The highest BCUT2D eigenvalue weighted by Gasteiger charge is 2.19. The number of hydrogen-bond acceptors (Lipinski definition) is 3. The summed E-state index contributed by atoms with van der Waals surface area (Å²) in [6.45, 7) is 7.60. The summed E-state index contributed by atoms with van der Waals surface area (Å²) in [5, 5.41) is 13.0. The summed E-state index contributed by atoms with van der Waals surface area (Å²) >= 11 is 0. The largest absolute Gasteiger partial charge is 0.393 e. The van der Waals surface area contributed by atoms with Crippen molar-refractivity contribution in [3.63, 3.8) is 0 Å². The first-order valence-corrected chi connectivity index (χ1v) is 7.48. The summed E-state index contributed by atoms with van der Waals surface area (Å²) in [6, 6.07) is 5.00. The molecule has 0 aliphatic carbocycles. The Balaban J connectivity index is 2.07. The molecule has 1 aromatic rings. The average Bonchev–Trinajstić information content (AvgIpc) is 2.40. The van der Waals surface area contributed by atoms with Crippen molar-refractivity contribution in [2.75, 3.05) is 24.5 Å². The van der Waals surface area contributed by atoms with Crippen molar-refractivity contribution in [2.24, 2.45) is 5.92 Å². The molecule has 1 saturated heterocycles. The topological polar surface area (TPSA) is 35.5 Å². The van der Waals surface area contributed by atoms with E-state index in [2.05, 4.69) is 24.1 Å². The highest BCUT2D eigenvalue weighted by atomic mass is 19.1. The monoisotopic (exact) mass is 280 g/mol. The number of nitrogens with one attached hydrogen (secondary N) is 1. The van der Waals surface area contributed by atoms with Gasteiger partial charge in [-0.25, -0.2) is 4.39 Å². The fourth-order valence-electron chi connectivity index (χ4n) is 2.61. The fraction of sp³-hybridized carbons (Fsp3) is 0.625. The van der Waals surface area contributed by atoms with Crippen molar-refractivity contribution >= 4 is 5.69 Å². The molecule has 4 heteroatoms. The Morgan fingerprint density at radius 1 is 1.35 bits per heavy atom. The van der Waals surface area contributed by atoms with Crippen molar-refractivity contribution in [3.05, 3.63) is 29.6 Å². The van der Waals surface area contributed by atoms with Crippen LogP contribution in [0.1, 0.15) is 32.3 Å². The Morgan fingerprint density at radius 2 is 2.05 bits per heavy atom. The van der Waals surface area contributed by atoms with Gasteiger partial charge in [-0.15, -0.1) is 0 Å². The van der Waals surface area contributed by atoms with Gasteiger partial charge in [-0.05, 0) is 49.1 Å². The minimum atomic E-state index is -0.188. The van der Waals surface area contributed by atoms with Crippen LogP contribution < -0.4 is 10.2 Å². The number of rotatable bonds is 5. The summed E-state index contributed by atoms with van der Waals surface area (Å²) in [4.78, 5) is 2.25. The molecule has 112 valence electrons. The van der Waals surface area contributed by atoms with Crippen LogP contribution in [0, 0.1) is 11.7 Å². The maximum Gasteiger partial charge on any atom is 0.123 e. The minimum Gasteiger partial charge on any atom is -0.393 e. The molecule has 0 atom stereocenters. The lowest BCUT2D eigenvalue weighted by Crippen LogP contribution is -2.36. The molecule has 3 nitrogen and oxygen atoms in total. The summed E-state index contributed by atoms with van der Waals surface area (Å²) in [5.74, 6) is 0.393. The first kappa shape index (κ1) is 15.3. The van der Waals surface area contributed by atoms with E-state index in [1.807, 2.05) is 6.07 Å². The Kier molecular flexibility index (Phi) is 5.38. The van der Waals surface area contributed by atoms with E-state index in [-0.39, 0.29) is 11.9 Å². The van der Waals surface area contributed by atoms with Gasteiger partial charge in [0.25, 0.3) is 0 Å². The minimum absolute atomic E-state index is 0.186. The van der Waals surface area contributed by atoms with Gasteiger partial charge in [-0.1, -0.05) is 13.8 Å². The van der Waals surface area contributed by atoms with Crippen LogP contribution >= 0.6 is 0 Å². The van der Waals surface area contributed by atoms with E-state index in [9.17, 15) is 9.50 Å². The van der Waals surface area contributed by atoms with Gasteiger partial charge in [0.05, 0.1) is 6.10 Å². The summed E-state index contributed by atoms with van der Waals surface area (Å²) in [6.07, 6.45) is 1.39. The molecule has 0 unspecified atom stereocenters. The first-order valence-electron chi connectivity index (χ1n) is 7.48. The molecule has 0 bridgehead atoms. The van der Waals surface area contributed by atoms with Gasteiger partial charge in [-0.3, -0.25) is 0 Å². The molecule has 1 fully saturated rings. The van der Waals surface area contributed by atoms with Gasteiger partial charge in [0.1, 0.15) is 5.82 Å². The highest BCUT2D eigenvalue weighted by molar-refractivity contribution is 5.54. The third-order valence-corrected chi connectivity index (χ3v) is 3.71. The van der Waals surface area contributed by atoms with Crippen molar-refractivity contribution in [1.82, 2.24) is 5.32 Å². The fourth-order valence-corrected chi connectivity index (χ4v) is 2.61. The van der Waals surface area contributed by atoms with E-state index in [4.69, 9.17) is 0 Å². The average molecular weight is 280 g/mol. The molecule has 0 radical (unpaired) electrons.